The van der Waals surface area contributed by atoms with Crippen molar-refractivity contribution >= 4 is 17.9 Å². The van der Waals surface area contributed by atoms with Gasteiger partial charge in [0.15, 0.2) is 0 Å². The van der Waals surface area contributed by atoms with E-state index < -0.39 is 11.4 Å². The average molecular weight is 353 g/mol. The maximum absolute atomic E-state index is 12.5. The van der Waals surface area contributed by atoms with E-state index in [0.29, 0.717) is 38.4 Å². The predicted molar refractivity (Wildman–Crippen MR) is 94.1 cm³/mol. The molecule has 0 bridgehead atoms. The van der Waals surface area contributed by atoms with E-state index in [1.165, 1.54) is 0 Å². The second-order valence-corrected chi connectivity index (χ2v) is 8.17. The first-order valence-electron chi connectivity index (χ1n) is 9.25. The van der Waals surface area contributed by atoms with Crippen LogP contribution in [-0.4, -0.2) is 65.5 Å². The van der Waals surface area contributed by atoms with Crippen LogP contribution in [-0.2, 0) is 9.59 Å². The van der Waals surface area contributed by atoms with Crippen LogP contribution in [0.5, 0.6) is 0 Å². The number of piperidine rings is 1. The van der Waals surface area contributed by atoms with E-state index in [1.54, 1.807) is 16.7 Å². The van der Waals surface area contributed by atoms with Crippen LogP contribution in [0.2, 0.25) is 0 Å². The summed E-state index contributed by atoms with van der Waals surface area (Å²) in [5.74, 6) is -0.263. The van der Waals surface area contributed by atoms with E-state index in [-0.39, 0.29) is 24.4 Å². The van der Waals surface area contributed by atoms with E-state index in [4.69, 9.17) is 0 Å². The molecule has 2 aliphatic rings. The first-order chi connectivity index (χ1) is 11.7. The lowest BCUT2D eigenvalue weighted by Crippen LogP contribution is -2.47. The standard InChI is InChI=1S/C18H31N3O4/c1-13(2)10-19-17(25)20-7-4-5-14(11-20)9-15(22)21-8-6-18(3,12-21)16(23)24/h13-14H,4-12H2,1-3H3,(H,19,25)(H,23,24). The minimum atomic E-state index is -0.839. The molecule has 0 aromatic rings. The number of nitrogens with one attached hydrogen (secondary N) is 1. The van der Waals surface area contributed by atoms with Gasteiger partial charge in [-0.25, -0.2) is 4.79 Å². The largest absolute Gasteiger partial charge is 0.481 e. The quantitative estimate of drug-likeness (QED) is 0.788. The minimum Gasteiger partial charge on any atom is -0.481 e. The molecule has 0 spiro atoms. The van der Waals surface area contributed by atoms with Gasteiger partial charge >= 0.3 is 12.0 Å². The third-order valence-electron chi connectivity index (χ3n) is 5.27. The molecule has 3 amide bonds. The lowest BCUT2D eigenvalue weighted by molar-refractivity contribution is -0.147. The van der Waals surface area contributed by atoms with Crippen LogP contribution in [0.4, 0.5) is 4.79 Å². The molecule has 7 heteroatoms. The number of hydrogen-bond donors (Lipinski definition) is 2. The number of likely N-dealkylation sites (tertiary alicyclic amines) is 2. The monoisotopic (exact) mass is 353 g/mol. The van der Waals surface area contributed by atoms with E-state index in [0.717, 1.165) is 19.4 Å². The van der Waals surface area contributed by atoms with Gasteiger partial charge in [0, 0.05) is 39.1 Å². The van der Waals surface area contributed by atoms with Gasteiger partial charge in [0.25, 0.3) is 0 Å². The summed E-state index contributed by atoms with van der Waals surface area (Å²) in [4.78, 5) is 39.5. The summed E-state index contributed by atoms with van der Waals surface area (Å²) < 4.78 is 0. The topological polar surface area (TPSA) is 90.0 Å². The van der Waals surface area contributed by atoms with Crippen molar-refractivity contribution in [3.05, 3.63) is 0 Å². The zero-order valence-electron chi connectivity index (χ0n) is 15.6. The van der Waals surface area contributed by atoms with E-state index in [1.807, 2.05) is 0 Å². The summed E-state index contributed by atoms with van der Waals surface area (Å²) in [6, 6.07) is -0.0505. The van der Waals surface area contributed by atoms with Crippen LogP contribution in [0, 0.1) is 17.3 Å². The van der Waals surface area contributed by atoms with E-state index in [2.05, 4.69) is 19.2 Å². The fourth-order valence-electron chi connectivity index (χ4n) is 3.54. The third-order valence-corrected chi connectivity index (χ3v) is 5.27. The minimum absolute atomic E-state index is 0.0133. The molecule has 0 aliphatic carbocycles. The first kappa shape index (κ1) is 19.5. The van der Waals surface area contributed by atoms with Crippen LogP contribution in [0.3, 0.4) is 0 Å². The van der Waals surface area contributed by atoms with Crippen LogP contribution < -0.4 is 5.32 Å². The van der Waals surface area contributed by atoms with Crippen LogP contribution in [0.25, 0.3) is 0 Å². The van der Waals surface area contributed by atoms with E-state index in [9.17, 15) is 19.5 Å². The third kappa shape index (κ3) is 5.09. The Balaban J connectivity index is 1.83. The molecule has 2 N–H and O–H groups in total. The smallest absolute Gasteiger partial charge is 0.317 e. The van der Waals surface area contributed by atoms with Gasteiger partial charge in [-0.2, -0.15) is 0 Å². The van der Waals surface area contributed by atoms with Crippen molar-refractivity contribution in [3.8, 4) is 0 Å². The maximum atomic E-state index is 12.5. The highest BCUT2D eigenvalue weighted by Crippen LogP contribution is 2.31. The van der Waals surface area contributed by atoms with Crippen molar-refractivity contribution in [3.63, 3.8) is 0 Å². The average Bonchev–Trinajstić information content (AvgIpc) is 2.97. The number of carbonyl (C=O) groups is 3. The highest BCUT2D eigenvalue weighted by atomic mass is 16.4. The van der Waals surface area contributed by atoms with Gasteiger partial charge in [-0.15, -0.1) is 0 Å². The van der Waals surface area contributed by atoms with Crippen LogP contribution in [0.1, 0.15) is 46.5 Å². The summed E-state index contributed by atoms with van der Waals surface area (Å²) in [6.07, 6.45) is 2.73. The Bertz CT molecular complexity index is 522. The molecule has 2 unspecified atom stereocenters. The lowest BCUT2D eigenvalue weighted by atomic mass is 9.90. The summed E-state index contributed by atoms with van der Waals surface area (Å²) in [7, 11) is 0. The van der Waals surface area contributed by atoms with Crippen LogP contribution in [0.15, 0.2) is 0 Å². The van der Waals surface area contributed by atoms with Gasteiger partial charge in [-0.3, -0.25) is 9.59 Å². The Hall–Kier alpha value is -1.79. The Morgan fingerprint density at radius 3 is 2.56 bits per heavy atom. The van der Waals surface area contributed by atoms with Gasteiger partial charge < -0.3 is 20.2 Å². The molecule has 2 aliphatic heterocycles. The van der Waals surface area contributed by atoms with Crippen molar-refractivity contribution in [1.82, 2.24) is 15.1 Å². The first-order valence-corrected chi connectivity index (χ1v) is 9.25. The molecule has 2 rings (SSSR count). The maximum Gasteiger partial charge on any atom is 0.317 e. The lowest BCUT2D eigenvalue weighted by Gasteiger charge is -2.33. The molecular formula is C18H31N3O4. The fraction of sp³-hybridized carbons (Fsp3) is 0.833. The van der Waals surface area contributed by atoms with Gasteiger partial charge in [0.1, 0.15) is 0 Å². The number of carboxylic acid groups (broad SMARTS) is 1. The summed E-state index contributed by atoms with van der Waals surface area (Å²) in [6.45, 7) is 8.58. The number of rotatable bonds is 5. The number of amides is 3. The Morgan fingerprint density at radius 2 is 1.96 bits per heavy atom. The van der Waals surface area contributed by atoms with Crippen molar-refractivity contribution in [1.29, 1.82) is 0 Å². The highest BCUT2D eigenvalue weighted by Gasteiger charge is 2.42. The Morgan fingerprint density at radius 1 is 1.24 bits per heavy atom. The highest BCUT2D eigenvalue weighted by molar-refractivity contribution is 5.80. The number of urea groups is 1. The molecule has 142 valence electrons. The number of aliphatic carboxylic acids is 1. The van der Waals surface area contributed by atoms with Crippen molar-refractivity contribution in [2.45, 2.75) is 46.5 Å². The summed E-state index contributed by atoms with van der Waals surface area (Å²) in [5, 5.41) is 12.2. The van der Waals surface area contributed by atoms with E-state index >= 15 is 0 Å². The Labute approximate surface area is 149 Å². The molecular weight excluding hydrogens is 322 g/mol. The van der Waals surface area contributed by atoms with Crippen molar-refractivity contribution in [2.24, 2.45) is 17.3 Å². The van der Waals surface area contributed by atoms with Crippen molar-refractivity contribution < 1.29 is 19.5 Å². The normalized spacial score (nSPS) is 26.8. The van der Waals surface area contributed by atoms with Gasteiger partial charge in [-0.05, 0) is 38.0 Å². The molecule has 7 nitrogen and oxygen atoms in total. The molecule has 0 saturated carbocycles. The molecule has 0 aromatic heterocycles. The summed E-state index contributed by atoms with van der Waals surface area (Å²) in [5.41, 5.74) is -0.828. The van der Waals surface area contributed by atoms with Gasteiger partial charge in [0.2, 0.25) is 5.91 Å². The van der Waals surface area contributed by atoms with Gasteiger partial charge in [-0.1, -0.05) is 13.8 Å². The molecule has 0 aromatic carbocycles. The zero-order valence-corrected chi connectivity index (χ0v) is 15.6. The number of hydrogen-bond acceptors (Lipinski definition) is 3. The molecule has 2 saturated heterocycles. The number of carboxylic acids is 1. The zero-order chi connectivity index (χ0) is 18.6. The SMILES string of the molecule is CC(C)CNC(=O)N1CCCC(CC(=O)N2CCC(C)(C(=O)O)C2)C1. The number of carbonyl (C=O) groups excluding carboxylic acids is 2. The van der Waals surface area contributed by atoms with Gasteiger partial charge in [0.05, 0.1) is 5.41 Å². The number of nitrogens with zero attached hydrogens (tertiary/aromatic N) is 2. The molecule has 2 fully saturated rings. The fourth-order valence-corrected chi connectivity index (χ4v) is 3.54. The van der Waals surface area contributed by atoms with Crippen LogP contribution >= 0.6 is 0 Å². The van der Waals surface area contributed by atoms with Crippen molar-refractivity contribution in [2.75, 3.05) is 32.7 Å². The second kappa shape index (κ2) is 8.06. The molecule has 0 radical (unpaired) electrons. The molecule has 25 heavy (non-hydrogen) atoms. The molecule has 2 heterocycles. The summed E-state index contributed by atoms with van der Waals surface area (Å²) >= 11 is 0. The Kier molecular flexibility index (Phi) is 6.30. The second-order valence-electron chi connectivity index (χ2n) is 8.17. The predicted octanol–water partition coefficient (Wildman–Crippen LogP) is 1.78. The molecule has 2 atom stereocenters.